The van der Waals surface area contributed by atoms with Crippen molar-refractivity contribution in [3.05, 3.63) is 24.0 Å². The molecule has 0 saturated carbocycles. The average Bonchev–Trinajstić information content (AvgIpc) is 2.97. The summed E-state index contributed by atoms with van der Waals surface area (Å²) in [6, 6.07) is 2.02. The maximum atomic E-state index is 12.7. The van der Waals surface area contributed by atoms with Gasteiger partial charge in [0.2, 0.25) is 5.91 Å². The highest BCUT2D eigenvalue weighted by molar-refractivity contribution is 5.97. The molecule has 7 heteroatoms. The van der Waals surface area contributed by atoms with Crippen LogP contribution in [0.25, 0.3) is 11.0 Å². The van der Waals surface area contributed by atoms with Gasteiger partial charge in [-0.2, -0.15) is 5.10 Å². The third-order valence-corrected chi connectivity index (χ3v) is 4.28. The topological polar surface area (TPSA) is 94.1 Å². The molecule has 3 heterocycles. The van der Waals surface area contributed by atoms with E-state index in [0.717, 1.165) is 23.9 Å². The summed E-state index contributed by atoms with van der Waals surface area (Å²) < 4.78 is 1.83. The maximum Gasteiger partial charge on any atom is 0.255 e. The van der Waals surface area contributed by atoms with Gasteiger partial charge in [-0.1, -0.05) is 0 Å². The molecular weight excluding hydrogens is 294 g/mol. The van der Waals surface area contributed by atoms with E-state index >= 15 is 0 Å². The molecule has 1 aliphatic rings. The highest BCUT2D eigenvalue weighted by atomic mass is 16.2. The van der Waals surface area contributed by atoms with Crippen LogP contribution < -0.4 is 5.73 Å². The Bertz CT molecular complexity index is 752. The molecule has 122 valence electrons. The van der Waals surface area contributed by atoms with Crippen molar-refractivity contribution in [3.8, 4) is 0 Å². The lowest BCUT2D eigenvalue weighted by molar-refractivity contribution is -0.123. The van der Waals surface area contributed by atoms with Crippen LogP contribution in [-0.4, -0.2) is 44.6 Å². The fourth-order valence-corrected chi connectivity index (χ4v) is 3.01. The molecular formula is C16H21N5O2. The van der Waals surface area contributed by atoms with E-state index in [0.29, 0.717) is 18.7 Å². The second-order valence-electron chi connectivity index (χ2n) is 6.31. The van der Waals surface area contributed by atoms with Crippen LogP contribution in [0.1, 0.15) is 43.1 Å². The number of likely N-dealkylation sites (tertiary alicyclic amines) is 1. The van der Waals surface area contributed by atoms with Crippen LogP contribution in [0.2, 0.25) is 0 Å². The van der Waals surface area contributed by atoms with Gasteiger partial charge in [-0.25, -0.2) is 9.67 Å². The van der Waals surface area contributed by atoms with Gasteiger partial charge in [0.15, 0.2) is 5.65 Å². The quantitative estimate of drug-likeness (QED) is 0.925. The third-order valence-electron chi connectivity index (χ3n) is 4.28. The van der Waals surface area contributed by atoms with Crippen LogP contribution in [0.3, 0.4) is 0 Å². The number of hydrogen-bond acceptors (Lipinski definition) is 4. The Kier molecular flexibility index (Phi) is 4.02. The number of nitrogens with zero attached hydrogens (tertiary/aromatic N) is 4. The molecule has 3 rings (SSSR count). The SMILES string of the molecule is CC(C)n1ncc2cc(C(=O)N3CCCC(C(N)=O)C3)cnc21. The van der Waals surface area contributed by atoms with Crippen LogP contribution in [0.15, 0.2) is 18.5 Å². The Morgan fingerprint density at radius 3 is 2.83 bits per heavy atom. The van der Waals surface area contributed by atoms with Crippen LogP contribution >= 0.6 is 0 Å². The van der Waals surface area contributed by atoms with Crippen molar-refractivity contribution in [1.29, 1.82) is 0 Å². The zero-order valence-corrected chi connectivity index (χ0v) is 13.4. The van der Waals surface area contributed by atoms with Crippen molar-refractivity contribution in [2.24, 2.45) is 11.7 Å². The minimum atomic E-state index is -0.339. The monoisotopic (exact) mass is 315 g/mol. The van der Waals surface area contributed by atoms with E-state index < -0.39 is 0 Å². The zero-order valence-electron chi connectivity index (χ0n) is 13.4. The van der Waals surface area contributed by atoms with Crippen LogP contribution in [0.4, 0.5) is 0 Å². The lowest BCUT2D eigenvalue weighted by Crippen LogP contribution is -2.44. The number of amides is 2. The number of nitrogens with two attached hydrogens (primary N) is 1. The number of carbonyl (C=O) groups excluding carboxylic acids is 2. The zero-order chi connectivity index (χ0) is 16.6. The fourth-order valence-electron chi connectivity index (χ4n) is 3.01. The summed E-state index contributed by atoms with van der Waals surface area (Å²) >= 11 is 0. The number of primary amides is 1. The summed E-state index contributed by atoms with van der Waals surface area (Å²) in [6.07, 6.45) is 4.85. The molecule has 2 aromatic rings. The minimum absolute atomic E-state index is 0.109. The Hall–Kier alpha value is -2.44. The summed E-state index contributed by atoms with van der Waals surface area (Å²) in [6.45, 7) is 5.10. The summed E-state index contributed by atoms with van der Waals surface area (Å²) in [5.74, 6) is -0.704. The second-order valence-corrected chi connectivity index (χ2v) is 6.31. The van der Waals surface area contributed by atoms with Gasteiger partial charge in [0, 0.05) is 30.7 Å². The van der Waals surface area contributed by atoms with Crippen LogP contribution in [0, 0.1) is 5.92 Å². The summed E-state index contributed by atoms with van der Waals surface area (Å²) in [7, 11) is 0. The lowest BCUT2D eigenvalue weighted by Gasteiger charge is -2.31. The van der Waals surface area contributed by atoms with Gasteiger partial charge in [0.25, 0.3) is 5.91 Å². The van der Waals surface area contributed by atoms with Gasteiger partial charge in [-0.05, 0) is 32.8 Å². The van der Waals surface area contributed by atoms with Crippen molar-refractivity contribution in [3.63, 3.8) is 0 Å². The number of fused-ring (bicyclic) bond motifs is 1. The summed E-state index contributed by atoms with van der Waals surface area (Å²) in [5.41, 5.74) is 6.66. The van der Waals surface area contributed by atoms with E-state index in [1.54, 1.807) is 17.3 Å². The number of carbonyl (C=O) groups is 2. The predicted octanol–water partition coefficient (Wildman–Crippen LogP) is 1.35. The first kappa shape index (κ1) is 15.5. The van der Waals surface area contributed by atoms with Crippen molar-refractivity contribution in [1.82, 2.24) is 19.7 Å². The molecule has 0 spiro atoms. The second kappa shape index (κ2) is 5.98. The average molecular weight is 315 g/mol. The number of aromatic nitrogens is 3. The van der Waals surface area contributed by atoms with Crippen molar-refractivity contribution >= 4 is 22.8 Å². The molecule has 1 saturated heterocycles. The lowest BCUT2D eigenvalue weighted by atomic mass is 9.97. The first-order chi connectivity index (χ1) is 11.0. The Morgan fingerprint density at radius 1 is 1.35 bits per heavy atom. The molecule has 1 atom stereocenters. The van der Waals surface area contributed by atoms with Gasteiger partial charge >= 0.3 is 0 Å². The van der Waals surface area contributed by atoms with Gasteiger partial charge in [-0.3, -0.25) is 9.59 Å². The molecule has 1 fully saturated rings. The Labute approximate surface area is 134 Å². The molecule has 1 aliphatic heterocycles. The van der Waals surface area contributed by atoms with Crippen molar-refractivity contribution in [2.45, 2.75) is 32.7 Å². The first-order valence-corrected chi connectivity index (χ1v) is 7.89. The maximum absolute atomic E-state index is 12.7. The van der Waals surface area contributed by atoms with Crippen molar-refractivity contribution in [2.75, 3.05) is 13.1 Å². The summed E-state index contributed by atoms with van der Waals surface area (Å²) in [4.78, 5) is 30.1. The Balaban J connectivity index is 1.85. The minimum Gasteiger partial charge on any atom is -0.369 e. The largest absolute Gasteiger partial charge is 0.369 e. The van der Waals surface area contributed by atoms with Crippen LogP contribution in [-0.2, 0) is 4.79 Å². The molecule has 1 unspecified atom stereocenters. The first-order valence-electron chi connectivity index (χ1n) is 7.89. The molecule has 0 aromatic carbocycles. The number of pyridine rings is 1. The van der Waals surface area contributed by atoms with Gasteiger partial charge in [0.05, 0.1) is 17.7 Å². The molecule has 2 amide bonds. The van der Waals surface area contributed by atoms with E-state index in [2.05, 4.69) is 10.1 Å². The molecule has 0 aliphatic carbocycles. The molecule has 7 nitrogen and oxygen atoms in total. The van der Waals surface area contributed by atoms with E-state index in [9.17, 15) is 9.59 Å². The number of hydrogen-bond donors (Lipinski definition) is 1. The molecule has 0 radical (unpaired) electrons. The summed E-state index contributed by atoms with van der Waals surface area (Å²) in [5, 5.41) is 5.15. The third kappa shape index (κ3) is 2.91. The van der Waals surface area contributed by atoms with Crippen LogP contribution in [0.5, 0.6) is 0 Å². The van der Waals surface area contributed by atoms with E-state index in [1.165, 1.54) is 0 Å². The smallest absolute Gasteiger partial charge is 0.255 e. The van der Waals surface area contributed by atoms with E-state index in [1.807, 2.05) is 24.6 Å². The van der Waals surface area contributed by atoms with E-state index in [4.69, 9.17) is 5.73 Å². The van der Waals surface area contributed by atoms with Gasteiger partial charge in [-0.15, -0.1) is 0 Å². The molecule has 2 aromatic heterocycles. The molecule has 0 bridgehead atoms. The standard InChI is InChI=1S/C16H21N5O2/c1-10(2)21-15-12(8-19-21)6-13(7-18-15)16(23)20-5-3-4-11(9-20)14(17)22/h6-8,10-11H,3-5,9H2,1-2H3,(H2,17,22). The highest BCUT2D eigenvalue weighted by Gasteiger charge is 2.27. The van der Waals surface area contributed by atoms with Gasteiger partial charge in [0.1, 0.15) is 0 Å². The predicted molar refractivity (Wildman–Crippen MR) is 85.7 cm³/mol. The normalized spacial score (nSPS) is 18.6. The van der Waals surface area contributed by atoms with E-state index in [-0.39, 0.29) is 23.8 Å². The number of piperidine rings is 1. The highest BCUT2D eigenvalue weighted by Crippen LogP contribution is 2.21. The van der Waals surface area contributed by atoms with Crippen molar-refractivity contribution < 1.29 is 9.59 Å². The fraction of sp³-hybridized carbons (Fsp3) is 0.500. The number of rotatable bonds is 3. The molecule has 2 N–H and O–H groups in total. The van der Waals surface area contributed by atoms with Gasteiger partial charge < -0.3 is 10.6 Å². The Morgan fingerprint density at radius 2 is 2.13 bits per heavy atom. The molecule has 23 heavy (non-hydrogen) atoms.